The monoisotopic (exact) mass is 232 g/mol. The van der Waals surface area contributed by atoms with Crippen LogP contribution < -0.4 is 0 Å². The van der Waals surface area contributed by atoms with Crippen LogP contribution in [0.1, 0.15) is 52.4 Å². The minimum absolute atomic E-state index is 0.302. The van der Waals surface area contributed by atoms with Crippen molar-refractivity contribution in [1.82, 2.24) is 0 Å². The lowest BCUT2D eigenvalue weighted by molar-refractivity contribution is 0.142. The van der Waals surface area contributed by atoms with E-state index in [-0.39, 0.29) is 0 Å². The lowest BCUT2D eigenvalue weighted by Gasteiger charge is -2.29. The molecule has 1 nitrogen and oxygen atoms in total. The van der Waals surface area contributed by atoms with Gasteiger partial charge in [0.25, 0.3) is 0 Å². The van der Waals surface area contributed by atoms with Crippen molar-refractivity contribution in [3.05, 3.63) is 0 Å². The average Bonchev–Trinajstić information content (AvgIpc) is 2.73. The maximum absolute atomic E-state index is 6.12. The molecule has 1 fully saturated rings. The molecular weight excluding hydrogens is 208 g/mol. The molecule has 2 atom stereocenters. The standard InChI is InChI=1S/C13H25ClO/c1-3-5-6-12(4-2)9-13(10-14)7-8-15-11-13/h12H,3-11H2,1-2H3. The van der Waals surface area contributed by atoms with Crippen LogP contribution >= 0.6 is 11.6 Å². The Morgan fingerprint density at radius 2 is 2.20 bits per heavy atom. The van der Waals surface area contributed by atoms with E-state index in [2.05, 4.69) is 13.8 Å². The summed E-state index contributed by atoms with van der Waals surface area (Å²) in [6.45, 7) is 6.37. The van der Waals surface area contributed by atoms with Crippen molar-refractivity contribution in [1.29, 1.82) is 0 Å². The molecule has 2 unspecified atom stereocenters. The van der Waals surface area contributed by atoms with Crippen molar-refractivity contribution in [2.75, 3.05) is 19.1 Å². The van der Waals surface area contributed by atoms with Gasteiger partial charge in [-0.2, -0.15) is 0 Å². The van der Waals surface area contributed by atoms with Gasteiger partial charge in [0.05, 0.1) is 6.61 Å². The van der Waals surface area contributed by atoms with Crippen LogP contribution in [-0.2, 0) is 4.74 Å². The van der Waals surface area contributed by atoms with Gasteiger partial charge in [0.1, 0.15) is 0 Å². The molecule has 0 aromatic heterocycles. The largest absolute Gasteiger partial charge is 0.381 e. The minimum Gasteiger partial charge on any atom is -0.381 e. The summed E-state index contributed by atoms with van der Waals surface area (Å²) in [5.41, 5.74) is 0.302. The number of halogens is 1. The first kappa shape index (κ1) is 13.3. The van der Waals surface area contributed by atoms with E-state index in [0.717, 1.165) is 25.0 Å². The molecule has 0 aromatic rings. The predicted molar refractivity (Wildman–Crippen MR) is 66.5 cm³/mol. The molecule has 0 bridgehead atoms. The third-order valence-electron chi connectivity index (χ3n) is 3.73. The van der Waals surface area contributed by atoms with Gasteiger partial charge in [0, 0.05) is 17.9 Å². The van der Waals surface area contributed by atoms with Crippen LogP contribution in [-0.4, -0.2) is 19.1 Å². The van der Waals surface area contributed by atoms with Crippen molar-refractivity contribution in [2.45, 2.75) is 52.4 Å². The summed E-state index contributed by atoms with van der Waals surface area (Å²) in [5, 5.41) is 0. The first-order valence-electron chi connectivity index (χ1n) is 6.40. The summed E-state index contributed by atoms with van der Waals surface area (Å²) in [6, 6.07) is 0. The Hall–Kier alpha value is 0.250. The Balaban J connectivity index is 2.40. The lowest BCUT2D eigenvalue weighted by atomic mass is 9.78. The van der Waals surface area contributed by atoms with Crippen LogP contribution in [0.3, 0.4) is 0 Å². The molecule has 0 radical (unpaired) electrons. The third kappa shape index (κ3) is 3.96. The molecule has 0 saturated carbocycles. The van der Waals surface area contributed by atoms with Crippen LogP contribution in [0.25, 0.3) is 0 Å². The molecule has 1 aliphatic heterocycles. The number of hydrogen-bond acceptors (Lipinski definition) is 1. The van der Waals surface area contributed by atoms with Gasteiger partial charge >= 0.3 is 0 Å². The highest BCUT2D eigenvalue weighted by Crippen LogP contribution is 2.38. The Kier molecular flexibility index (Phi) is 5.99. The predicted octanol–water partition coefficient (Wildman–Crippen LogP) is 4.24. The Morgan fingerprint density at radius 1 is 1.40 bits per heavy atom. The normalized spacial score (nSPS) is 28.2. The summed E-state index contributed by atoms with van der Waals surface area (Å²) in [4.78, 5) is 0. The van der Waals surface area contributed by atoms with Crippen molar-refractivity contribution >= 4 is 11.6 Å². The minimum atomic E-state index is 0.302. The maximum Gasteiger partial charge on any atom is 0.0534 e. The Morgan fingerprint density at radius 3 is 2.67 bits per heavy atom. The first-order valence-corrected chi connectivity index (χ1v) is 6.93. The number of unbranched alkanes of at least 4 members (excludes halogenated alkanes) is 1. The molecule has 1 heterocycles. The number of hydrogen-bond donors (Lipinski definition) is 0. The molecule has 1 saturated heterocycles. The molecule has 1 rings (SSSR count). The summed E-state index contributed by atoms with van der Waals surface area (Å²) in [6.07, 6.45) is 7.76. The van der Waals surface area contributed by atoms with Crippen molar-refractivity contribution in [3.8, 4) is 0 Å². The van der Waals surface area contributed by atoms with Gasteiger partial charge in [-0.1, -0.05) is 39.5 Å². The summed E-state index contributed by atoms with van der Waals surface area (Å²) >= 11 is 6.12. The van der Waals surface area contributed by atoms with Gasteiger partial charge < -0.3 is 4.74 Å². The molecule has 0 aromatic carbocycles. The molecule has 0 aliphatic carbocycles. The first-order chi connectivity index (χ1) is 7.26. The van der Waals surface area contributed by atoms with E-state index in [1.807, 2.05) is 0 Å². The molecule has 0 amide bonds. The van der Waals surface area contributed by atoms with Gasteiger partial charge in [-0.05, 0) is 18.8 Å². The molecule has 1 aliphatic rings. The highest BCUT2D eigenvalue weighted by Gasteiger charge is 2.35. The van der Waals surface area contributed by atoms with E-state index in [4.69, 9.17) is 16.3 Å². The van der Waals surface area contributed by atoms with Crippen LogP contribution in [0.5, 0.6) is 0 Å². The topological polar surface area (TPSA) is 9.23 Å². The van der Waals surface area contributed by atoms with E-state index in [1.54, 1.807) is 0 Å². The molecule has 0 spiro atoms. The van der Waals surface area contributed by atoms with E-state index >= 15 is 0 Å². The zero-order valence-corrected chi connectivity index (χ0v) is 11.0. The smallest absolute Gasteiger partial charge is 0.0534 e. The van der Waals surface area contributed by atoms with Gasteiger partial charge in [-0.25, -0.2) is 0 Å². The number of alkyl halides is 1. The Labute approximate surface area is 99.5 Å². The molecule has 15 heavy (non-hydrogen) atoms. The third-order valence-corrected chi connectivity index (χ3v) is 4.30. The number of rotatable bonds is 7. The molecule has 0 N–H and O–H groups in total. The van der Waals surface area contributed by atoms with E-state index in [9.17, 15) is 0 Å². The quantitative estimate of drug-likeness (QED) is 0.597. The van der Waals surface area contributed by atoms with Crippen LogP contribution in [0.4, 0.5) is 0 Å². The van der Waals surface area contributed by atoms with E-state index < -0.39 is 0 Å². The lowest BCUT2D eigenvalue weighted by Crippen LogP contribution is -2.26. The Bertz CT molecular complexity index is 164. The van der Waals surface area contributed by atoms with Crippen LogP contribution in [0.15, 0.2) is 0 Å². The van der Waals surface area contributed by atoms with Crippen LogP contribution in [0, 0.1) is 11.3 Å². The molecule has 2 heteroatoms. The molecular formula is C13H25ClO. The fourth-order valence-electron chi connectivity index (χ4n) is 2.53. The highest BCUT2D eigenvalue weighted by atomic mass is 35.5. The van der Waals surface area contributed by atoms with Gasteiger partial charge in [-0.15, -0.1) is 11.6 Å². The second-order valence-corrected chi connectivity index (χ2v) is 5.32. The zero-order chi connectivity index (χ0) is 11.1. The highest BCUT2D eigenvalue weighted by molar-refractivity contribution is 6.18. The van der Waals surface area contributed by atoms with Crippen molar-refractivity contribution in [3.63, 3.8) is 0 Å². The molecule has 90 valence electrons. The summed E-state index contributed by atoms with van der Waals surface area (Å²) in [5.74, 6) is 1.63. The SMILES string of the molecule is CCCCC(CC)CC1(CCl)CCOC1. The average molecular weight is 233 g/mol. The van der Waals surface area contributed by atoms with Crippen molar-refractivity contribution < 1.29 is 4.74 Å². The van der Waals surface area contributed by atoms with Gasteiger partial charge in [-0.3, -0.25) is 0 Å². The van der Waals surface area contributed by atoms with E-state index in [0.29, 0.717) is 5.41 Å². The second kappa shape index (κ2) is 6.75. The fraction of sp³-hybridized carbons (Fsp3) is 1.00. The van der Waals surface area contributed by atoms with Gasteiger partial charge in [0.2, 0.25) is 0 Å². The fourth-order valence-corrected chi connectivity index (χ4v) is 2.85. The van der Waals surface area contributed by atoms with E-state index in [1.165, 1.54) is 38.5 Å². The maximum atomic E-state index is 6.12. The summed E-state index contributed by atoms with van der Waals surface area (Å²) in [7, 11) is 0. The second-order valence-electron chi connectivity index (χ2n) is 5.06. The van der Waals surface area contributed by atoms with Crippen LogP contribution in [0.2, 0.25) is 0 Å². The zero-order valence-electron chi connectivity index (χ0n) is 10.2. The summed E-state index contributed by atoms with van der Waals surface area (Å²) < 4.78 is 5.52. The van der Waals surface area contributed by atoms with Crippen molar-refractivity contribution in [2.24, 2.45) is 11.3 Å². The van der Waals surface area contributed by atoms with Gasteiger partial charge in [0.15, 0.2) is 0 Å². The number of ether oxygens (including phenoxy) is 1.